The van der Waals surface area contributed by atoms with Crippen molar-refractivity contribution in [3.05, 3.63) is 35.9 Å². The fourth-order valence-corrected chi connectivity index (χ4v) is 2.19. The molecule has 0 spiro atoms. The van der Waals surface area contributed by atoms with Crippen molar-refractivity contribution in [3.63, 3.8) is 0 Å². The summed E-state index contributed by atoms with van der Waals surface area (Å²) in [5.41, 5.74) is 0.517. The molecule has 19 heavy (non-hydrogen) atoms. The summed E-state index contributed by atoms with van der Waals surface area (Å²) < 4.78 is 5.19. The first-order valence-electron chi connectivity index (χ1n) is 7.10. The molecule has 0 radical (unpaired) electrons. The Kier molecular flexibility index (Phi) is 8.31. The van der Waals surface area contributed by atoms with Gasteiger partial charge in [-0.3, -0.25) is 4.79 Å². The number of unbranched alkanes of at least 4 members (excludes halogenated alkanes) is 4. The van der Waals surface area contributed by atoms with Crippen LogP contribution in [0.4, 0.5) is 0 Å². The van der Waals surface area contributed by atoms with Gasteiger partial charge in [0.25, 0.3) is 0 Å². The van der Waals surface area contributed by atoms with Crippen LogP contribution < -0.4 is 0 Å². The van der Waals surface area contributed by atoms with Gasteiger partial charge in [0.15, 0.2) is 5.56 Å². The summed E-state index contributed by atoms with van der Waals surface area (Å²) in [5, 5.41) is 0. The van der Waals surface area contributed by atoms with Gasteiger partial charge in [-0.25, -0.2) is 0 Å². The van der Waals surface area contributed by atoms with E-state index >= 15 is 0 Å². The predicted octanol–water partition coefficient (Wildman–Crippen LogP) is 4.70. The van der Waals surface area contributed by atoms with Crippen LogP contribution in [0.5, 0.6) is 0 Å². The molecule has 2 nitrogen and oxygen atoms in total. The highest BCUT2D eigenvalue weighted by Gasteiger charge is 2.11. The van der Waals surface area contributed by atoms with Gasteiger partial charge in [-0.05, 0) is 12.0 Å². The third-order valence-corrected chi connectivity index (χ3v) is 3.23. The number of hydrogen-bond acceptors (Lipinski definition) is 2. The van der Waals surface area contributed by atoms with Gasteiger partial charge in [-0.1, -0.05) is 74.5 Å². The van der Waals surface area contributed by atoms with Crippen molar-refractivity contribution < 1.29 is 9.53 Å². The fraction of sp³-hybridized carbons (Fsp3) is 0.562. The maximum absolute atomic E-state index is 11.6. The first-order chi connectivity index (χ1) is 9.22. The molecule has 1 atom stereocenters. The van der Waals surface area contributed by atoms with Crippen LogP contribution in [-0.4, -0.2) is 11.5 Å². The Balaban J connectivity index is 2.14. The molecule has 1 aromatic rings. The summed E-state index contributed by atoms with van der Waals surface area (Å²) in [6.45, 7) is 2.18. The molecule has 0 saturated carbocycles. The number of alkyl halides is 1. The highest BCUT2D eigenvalue weighted by atomic mass is 35.5. The van der Waals surface area contributed by atoms with Gasteiger partial charge >= 0.3 is 5.97 Å². The molecule has 0 aliphatic carbocycles. The van der Waals surface area contributed by atoms with Gasteiger partial charge in [0.1, 0.15) is 0 Å². The number of halogens is 1. The molecule has 0 bridgehead atoms. The SMILES string of the molecule is CCCCCCCC(=O)O[C@H](Cl)Cc1ccccc1. The molecule has 0 aromatic heterocycles. The molecule has 0 saturated heterocycles. The van der Waals surface area contributed by atoms with E-state index in [-0.39, 0.29) is 5.97 Å². The molecule has 106 valence electrons. The van der Waals surface area contributed by atoms with Crippen LogP contribution in [0.25, 0.3) is 0 Å². The standard InChI is InChI=1S/C16H23ClO2/c1-2-3-4-5-9-12-16(18)19-15(17)13-14-10-7-6-8-11-14/h6-8,10-11,15H,2-5,9,12-13H2,1H3/t15-/m0/s1. The molecule has 0 aliphatic heterocycles. The van der Waals surface area contributed by atoms with Gasteiger partial charge in [-0.2, -0.15) is 0 Å². The average molecular weight is 283 g/mol. The maximum atomic E-state index is 11.6. The van der Waals surface area contributed by atoms with Gasteiger partial charge in [0.2, 0.25) is 0 Å². The van der Waals surface area contributed by atoms with E-state index in [1.54, 1.807) is 0 Å². The maximum Gasteiger partial charge on any atom is 0.307 e. The highest BCUT2D eigenvalue weighted by molar-refractivity contribution is 6.20. The van der Waals surface area contributed by atoms with E-state index in [1.807, 2.05) is 30.3 Å². The minimum absolute atomic E-state index is 0.188. The van der Waals surface area contributed by atoms with Crippen molar-refractivity contribution in [2.45, 2.75) is 57.4 Å². The average Bonchev–Trinajstić information content (AvgIpc) is 2.39. The zero-order chi connectivity index (χ0) is 13.9. The van der Waals surface area contributed by atoms with E-state index in [4.69, 9.17) is 16.3 Å². The number of hydrogen-bond donors (Lipinski definition) is 0. The first kappa shape index (κ1) is 16.0. The Morgan fingerprint density at radius 1 is 1.16 bits per heavy atom. The Hall–Kier alpha value is -1.02. The van der Waals surface area contributed by atoms with Crippen LogP contribution in [0.1, 0.15) is 51.0 Å². The van der Waals surface area contributed by atoms with E-state index in [0.29, 0.717) is 12.8 Å². The molecular formula is C16H23ClO2. The number of carbonyl (C=O) groups excluding carboxylic acids is 1. The monoisotopic (exact) mass is 282 g/mol. The van der Waals surface area contributed by atoms with Gasteiger partial charge in [0.05, 0.1) is 0 Å². The lowest BCUT2D eigenvalue weighted by atomic mass is 10.1. The predicted molar refractivity (Wildman–Crippen MR) is 79.3 cm³/mol. The van der Waals surface area contributed by atoms with Gasteiger partial charge < -0.3 is 4.74 Å². The van der Waals surface area contributed by atoms with Crippen LogP contribution in [-0.2, 0) is 16.0 Å². The van der Waals surface area contributed by atoms with Crippen LogP contribution in [0, 0.1) is 0 Å². The third-order valence-electron chi connectivity index (χ3n) is 2.98. The van der Waals surface area contributed by atoms with Crippen molar-refractivity contribution in [3.8, 4) is 0 Å². The second kappa shape index (κ2) is 9.85. The zero-order valence-electron chi connectivity index (χ0n) is 11.6. The Bertz CT molecular complexity index is 351. The second-order valence-electron chi connectivity index (χ2n) is 4.75. The molecule has 0 unspecified atom stereocenters. The van der Waals surface area contributed by atoms with Crippen LogP contribution in [0.15, 0.2) is 30.3 Å². The molecule has 1 rings (SSSR count). The van der Waals surface area contributed by atoms with E-state index < -0.39 is 5.56 Å². The Morgan fingerprint density at radius 2 is 1.84 bits per heavy atom. The summed E-state index contributed by atoms with van der Waals surface area (Å²) in [5.74, 6) is -0.188. The smallest absolute Gasteiger partial charge is 0.307 e. The van der Waals surface area contributed by atoms with Crippen LogP contribution >= 0.6 is 11.6 Å². The Labute approximate surface area is 121 Å². The first-order valence-corrected chi connectivity index (χ1v) is 7.53. The molecule has 0 aliphatic rings. The third kappa shape index (κ3) is 7.89. The van der Waals surface area contributed by atoms with E-state index in [1.165, 1.54) is 19.3 Å². The second-order valence-corrected chi connectivity index (χ2v) is 5.24. The molecule has 0 N–H and O–H groups in total. The molecule has 1 aromatic carbocycles. The van der Waals surface area contributed by atoms with Crippen molar-refractivity contribution in [1.82, 2.24) is 0 Å². The van der Waals surface area contributed by atoms with Crippen LogP contribution in [0.3, 0.4) is 0 Å². The van der Waals surface area contributed by atoms with Crippen molar-refractivity contribution >= 4 is 17.6 Å². The van der Waals surface area contributed by atoms with Crippen molar-refractivity contribution in [2.24, 2.45) is 0 Å². The number of esters is 1. The van der Waals surface area contributed by atoms with E-state index in [9.17, 15) is 4.79 Å². The number of carbonyl (C=O) groups is 1. The summed E-state index contributed by atoms with van der Waals surface area (Å²) in [7, 11) is 0. The summed E-state index contributed by atoms with van der Waals surface area (Å²) in [6.07, 6.45) is 6.67. The summed E-state index contributed by atoms with van der Waals surface area (Å²) >= 11 is 6.03. The topological polar surface area (TPSA) is 26.3 Å². The minimum atomic E-state index is -0.564. The zero-order valence-corrected chi connectivity index (χ0v) is 12.4. The summed E-state index contributed by atoms with van der Waals surface area (Å²) in [6, 6.07) is 9.82. The van der Waals surface area contributed by atoms with Gasteiger partial charge in [-0.15, -0.1) is 0 Å². The number of benzene rings is 1. The molecule has 0 amide bonds. The number of rotatable bonds is 9. The normalized spacial score (nSPS) is 12.1. The largest absolute Gasteiger partial charge is 0.446 e. The quantitative estimate of drug-likeness (QED) is 0.373. The molecular weight excluding hydrogens is 260 g/mol. The summed E-state index contributed by atoms with van der Waals surface area (Å²) in [4.78, 5) is 11.6. The Morgan fingerprint density at radius 3 is 2.53 bits per heavy atom. The lowest BCUT2D eigenvalue weighted by Gasteiger charge is -2.11. The van der Waals surface area contributed by atoms with Crippen LogP contribution in [0.2, 0.25) is 0 Å². The molecule has 3 heteroatoms. The van der Waals surface area contributed by atoms with Crippen molar-refractivity contribution in [1.29, 1.82) is 0 Å². The minimum Gasteiger partial charge on any atom is -0.446 e. The van der Waals surface area contributed by atoms with E-state index in [2.05, 4.69) is 6.92 Å². The van der Waals surface area contributed by atoms with Crippen molar-refractivity contribution in [2.75, 3.05) is 0 Å². The fourth-order valence-electron chi connectivity index (χ4n) is 1.92. The lowest BCUT2D eigenvalue weighted by Crippen LogP contribution is -2.14. The lowest BCUT2D eigenvalue weighted by molar-refractivity contribution is -0.145. The highest BCUT2D eigenvalue weighted by Crippen LogP contribution is 2.12. The van der Waals surface area contributed by atoms with E-state index in [0.717, 1.165) is 18.4 Å². The van der Waals surface area contributed by atoms with Gasteiger partial charge in [0, 0.05) is 12.8 Å². The molecule has 0 heterocycles. The molecule has 0 fully saturated rings. The number of ether oxygens (including phenoxy) is 1.